The molecule has 8 nitrogen and oxygen atoms in total. The van der Waals surface area contributed by atoms with Gasteiger partial charge < -0.3 is 14.5 Å². The molecule has 0 spiro atoms. The highest BCUT2D eigenvalue weighted by Crippen LogP contribution is 2.23. The first-order valence-electron chi connectivity index (χ1n) is 7.94. The molecule has 1 aromatic rings. The summed E-state index contributed by atoms with van der Waals surface area (Å²) in [5.74, 6) is -0.658. The number of likely N-dealkylation sites (N-methyl/N-ethyl adjacent to an activating group) is 1. The van der Waals surface area contributed by atoms with E-state index in [0.29, 0.717) is 25.3 Å². The Morgan fingerprint density at radius 2 is 2.20 bits per heavy atom. The van der Waals surface area contributed by atoms with Crippen LogP contribution >= 0.6 is 0 Å². The second-order valence-corrected chi connectivity index (χ2v) is 6.05. The molecule has 130 valence electrons. The summed E-state index contributed by atoms with van der Waals surface area (Å²) in [7, 11) is 1.53. The molecule has 2 fully saturated rings. The van der Waals surface area contributed by atoms with Crippen molar-refractivity contribution in [3.05, 3.63) is 35.4 Å². The topological polar surface area (TPSA) is 93.9 Å². The molecule has 2 aliphatic heterocycles. The summed E-state index contributed by atoms with van der Waals surface area (Å²) < 4.78 is 5.71. The molecule has 4 amide bonds. The molecule has 8 heteroatoms. The van der Waals surface area contributed by atoms with Crippen LogP contribution in [0, 0.1) is 11.3 Å². The molecule has 2 saturated heterocycles. The Bertz CT molecular complexity index is 757. The number of carbonyl (C=O) groups excluding carboxylic acids is 3. The van der Waals surface area contributed by atoms with Crippen LogP contribution in [0.4, 0.5) is 4.79 Å². The normalized spacial score (nSPS) is 20.8. The zero-order chi connectivity index (χ0) is 18.0. The number of hydrogen-bond donors (Lipinski definition) is 0. The Hall–Kier alpha value is -2.92. The lowest BCUT2D eigenvalue weighted by Crippen LogP contribution is -2.48. The maximum atomic E-state index is 12.5. The van der Waals surface area contributed by atoms with Crippen LogP contribution in [0.3, 0.4) is 0 Å². The molecule has 0 aliphatic carbocycles. The van der Waals surface area contributed by atoms with Gasteiger partial charge in [0.2, 0.25) is 5.91 Å². The minimum atomic E-state index is -0.454. The molecule has 1 unspecified atom stereocenters. The lowest BCUT2D eigenvalue weighted by Gasteiger charge is -2.34. The summed E-state index contributed by atoms with van der Waals surface area (Å²) in [6.45, 7) is 0.819. The van der Waals surface area contributed by atoms with Gasteiger partial charge in [0, 0.05) is 13.6 Å². The van der Waals surface area contributed by atoms with Gasteiger partial charge in [-0.15, -0.1) is 0 Å². The number of carbonyl (C=O) groups is 3. The van der Waals surface area contributed by atoms with Gasteiger partial charge in [0.05, 0.1) is 24.8 Å². The van der Waals surface area contributed by atoms with Crippen molar-refractivity contribution in [2.45, 2.75) is 6.10 Å². The molecule has 2 heterocycles. The maximum absolute atomic E-state index is 12.5. The monoisotopic (exact) mass is 342 g/mol. The van der Waals surface area contributed by atoms with E-state index in [-0.39, 0.29) is 31.0 Å². The number of morpholine rings is 1. The fraction of sp³-hybridized carbons (Fsp3) is 0.412. The van der Waals surface area contributed by atoms with E-state index in [1.54, 1.807) is 23.1 Å². The number of nitriles is 1. The van der Waals surface area contributed by atoms with E-state index in [9.17, 15) is 14.4 Å². The van der Waals surface area contributed by atoms with Crippen molar-refractivity contribution in [1.82, 2.24) is 14.7 Å². The molecule has 0 radical (unpaired) electrons. The number of urea groups is 1. The van der Waals surface area contributed by atoms with E-state index in [1.165, 1.54) is 11.9 Å². The van der Waals surface area contributed by atoms with Crippen LogP contribution in [0.25, 0.3) is 0 Å². The first kappa shape index (κ1) is 16.9. The Balaban J connectivity index is 1.67. The molecular weight excluding hydrogens is 324 g/mol. The summed E-state index contributed by atoms with van der Waals surface area (Å²) in [5.41, 5.74) is 1.35. The Labute approximate surface area is 145 Å². The molecule has 1 aromatic carbocycles. The number of rotatable bonds is 3. The smallest absolute Gasteiger partial charge is 0.327 e. The zero-order valence-electron chi connectivity index (χ0n) is 13.8. The summed E-state index contributed by atoms with van der Waals surface area (Å²) in [5, 5.41) is 9.00. The zero-order valence-corrected chi connectivity index (χ0v) is 13.8. The third kappa shape index (κ3) is 3.46. The van der Waals surface area contributed by atoms with Crippen LogP contribution in [0.5, 0.6) is 0 Å². The highest BCUT2D eigenvalue weighted by atomic mass is 16.5. The summed E-state index contributed by atoms with van der Waals surface area (Å²) in [6, 6.07) is 8.69. The van der Waals surface area contributed by atoms with E-state index in [2.05, 4.69) is 6.07 Å². The van der Waals surface area contributed by atoms with E-state index in [4.69, 9.17) is 10.00 Å². The van der Waals surface area contributed by atoms with Crippen molar-refractivity contribution < 1.29 is 19.1 Å². The largest absolute Gasteiger partial charge is 0.370 e. The van der Waals surface area contributed by atoms with Crippen molar-refractivity contribution in [2.75, 3.05) is 39.8 Å². The lowest BCUT2D eigenvalue weighted by atomic mass is 10.0. The van der Waals surface area contributed by atoms with Crippen LogP contribution in [-0.4, -0.2) is 72.4 Å². The quantitative estimate of drug-likeness (QED) is 0.739. The Morgan fingerprint density at radius 3 is 2.88 bits per heavy atom. The molecule has 0 saturated carbocycles. The number of imide groups is 1. The number of benzene rings is 1. The van der Waals surface area contributed by atoms with E-state index >= 15 is 0 Å². The van der Waals surface area contributed by atoms with Gasteiger partial charge in [-0.3, -0.25) is 14.5 Å². The minimum absolute atomic E-state index is 0.00119. The van der Waals surface area contributed by atoms with Gasteiger partial charge in [-0.05, 0) is 17.7 Å². The second kappa shape index (κ2) is 6.91. The predicted molar refractivity (Wildman–Crippen MR) is 86.2 cm³/mol. The highest BCUT2D eigenvalue weighted by Gasteiger charge is 2.36. The molecule has 1 atom stereocenters. The summed E-state index contributed by atoms with van der Waals surface area (Å²) >= 11 is 0. The van der Waals surface area contributed by atoms with Crippen LogP contribution in [0.1, 0.15) is 17.2 Å². The van der Waals surface area contributed by atoms with E-state index in [1.807, 2.05) is 6.07 Å². The third-order valence-electron chi connectivity index (χ3n) is 4.33. The molecule has 0 bridgehead atoms. The van der Waals surface area contributed by atoms with Crippen molar-refractivity contribution in [1.29, 1.82) is 5.26 Å². The van der Waals surface area contributed by atoms with Gasteiger partial charge in [-0.25, -0.2) is 4.79 Å². The molecule has 0 N–H and O–H groups in total. The van der Waals surface area contributed by atoms with Crippen LogP contribution in [0.2, 0.25) is 0 Å². The van der Waals surface area contributed by atoms with Gasteiger partial charge in [-0.1, -0.05) is 12.1 Å². The molecule has 0 aromatic heterocycles. The Kier molecular flexibility index (Phi) is 4.67. The fourth-order valence-corrected chi connectivity index (χ4v) is 2.95. The van der Waals surface area contributed by atoms with Gasteiger partial charge in [0.15, 0.2) is 0 Å². The van der Waals surface area contributed by atoms with Gasteiger partial charge >= 0.3 is 6.03 Å². The highest BCUT2D eigenvalue weighted by molar-refractivity contribution is 6.04. The standard InChI is InChI=1S/C17H18N4O4/c1-19-10-16(23)21(17(19)24)11-15(22)20-5-6-25-14(9-20)13-4-2-3-12(7-13)8-18/h2-4,7,14H,5-6,9-11H2,1H3. The summed E-state index contributed by atoms with van der Waals surface area (Å²) in [4.78, 5) is 40.1. The Morgan fingerprint density at radius 1 is 1.40 bits per heavy atom. The first-order valence-corrected chi connectivity index (χ1v) is 7.94. The van der Waals surface area contributed by atoms with Crippen molar-refractivity contribution in [2.24, 2.45) is 0 Å². The van der Waals surface area contributed by atoms with Crippen LogP contribution in [-0.2, 0) is 14.3 Å². The SMILES string of the molecule is CN1CC(=O)N(CC(=O)N2CCOC(c3cccc(C#N)c3)C2)C1=O. The van der Waals surface area contributed by atoms with Crippen LogP contribution < -0.4 is 0 Å². The molecule has 2 aliphatic rings. The van der Waals surface area contributed by atoms with Crippen molar-refractivity contribution in [3.8, 4) is 6.07 Å². The number of nitrogens with zero attached hydrogens (tertiary/aromatic N) is 4. The number of amides is 4. The average molecular weight is 342 g/mol. The third-order valence-corrected chi connectivity index (χ3v) is 4.33. The minimum Gasteiger partial charge on any atom is -0.370 e. The molecule has 25 heavy (non-hydrogen) atoms. The van der Waals surface area contributed by atoms with Crippen molar-refractivity contribution in [3.63, 3.8) is 0 Å². The van der Waals surface area contributed by atoms with Gasteiger partial charge in [0.25, 0.3) is 5.91 Å². The summed E-state index contributed by atoms with van der Waals surface area (Å²) in [6.07, 6.45) is -0.335. The van der Waals surface area contributed by atoms with Crippen LogP contribution in [0.15, 0.2) is 24.3 Å². The molecule has 3 rings (SSSR count). The maximum Gasteiger partial charge on any atom is 0.327 e. The average Bonchev–Trinajstić information content (AvgIpc) is 2.88. The predicted octanol–water partition coefficient (Wildman–Crippen LogP) is 0.352. The number of hydrogen-bond acceptors (Lipinski definition) is 5. The van der Waals surface area contributed by atoms with E-state index in [0.717, 1.165) is 10.5 Å². The first-order chi connectivity index (χ1) is 12.0. The van der Waals surface area contributed by atoms with Crippen molar-refractivity contribution >= 4 is 17.8 Å². The number of ether oxygens (including phenoxy) is 1. The van der Waals surface area contributed by atoms with Gasteiger partial charge in [0.1, 0.15) is 19.2 Å². The van der Waals surface area contributed by atoms with E-state index < -0.39 is 6.03 Å². The fourth-order valence-electron chi connectivity index (χ4n) is 2.95. The van der Waals surface area contributed by atoms with Gasteiger partial charge in [-0.2, -0.15) is 5.26 Å². The second-order valence-electron chi connectivity index (χ2n) is 6.05. The lowest BCUT2D eigenvalue weighted by molar-refractivity contribution is -0.142. The molecular formula is C17H18N4O4.